The van der Waals surface area contributed by atoms with Crippen molar-refractivity contribution in [1.29, 1.82) is 0 Å². The number of fused-ring (bicyclic) bond motifs is 3. The van der Waals surface area contributed by atoms with Crippen molar-refractivity contribution >= 4 is 45.7 Å². The Morgan fingerprint density at radius 2 is 1.79 bits per heavy atom. The highest BCUT2D eigenvalue weighted by Gasteiger charge is 2.28. The summed E-state index contributed by atoms with van der Waals surface area (Å²) in [6, 6.07) is 22.4. The Balaban J connectivity index is 1.27. The van der Waals surface area contributed by atoms with Gasteiger partial charge in [0.2, 0.25) is 5.16 Å². The number of carbonyl (C=O) groups excluding carboxylic acids is 1. The molecule has 33 heavy (non-hydrogen) atoms. The predicted molar refractivity (Wildman–Crippen MR) is 131 cm³/mol. The van der Waals surface area contributed by atoms with Crippen molar-refractivity contribution in [3.63, 3.8) is 0 Å². The summed E-state index contributed by atoms with van der Waals surface area (Å²) in [5.74, 6) is 1.47. The van der Waals surface area contributed by atoms with Crippen LogP contribution in [-0.2, 0) is 12.2 Å². The average molecular weight is 471 g/mol. The highest BCUT2D eigenvalue weighted by Crippen LogP contribution is 2.33. The Hall–Kier alpha value is -3.22. The molecule has 1 aliphatic rings. The summed E-state index contributed by atoms with van der Waals surface area (Å²) in [6.45, 7) is 0. The monoisotopic (exact) mass is 470 g/mol. The Morgan fingerprint density at radius 1 is 0.970 bits per heavy atom. The minimum Gasteiger partial charge on any atom is -0.294 e. The number of nitrogens with zero attached hydrogens (tertiary/aromatic N) is 4. The van der Waals surface area contributed by atoms with Gasteiger partial charge in [0.25, 0.3) is 5.78 Å². The first-order chi connectivity index (χ1) is 16.1. The van der Waals surface area contributed by atoms with E-state index >= 15 is 0 Å². The average Bonchev–Trinajstić information content (AvgIpc) is 3.24. The SMILES string of the molecule is O=C1C[C@H](c2ccc(Cl)cc2)Cc2nc3nc(SCc4cccc5ccccc45)nn3cc21. The largest absolute Gasteiger partial charge is 0.294 e. The lowest BCUT2D eigenvalue weighted by atomic mass is 9.82. The lowest BCUT2D eigenvalue weighted by molar-refractivity contribution is 0.0962. The highest BCUT2D eigenvalue weighted by atomic mass is 35.5. The van der Waals surface area contributed by atoms with Crippen LogP contribution >= 0.6 is 23.4 Å². The van der Waals surface area contributed by atoms with Gasteiger partial charge < -0.3 is 0 Å². The zero-order chi connectivity index (χ0) is 22.4. The molecule has 5 nitrogen and oxygen atoms in total. The summed E-state index contributed by atoms with van der Waals surface area (Å²) >= 11 is 7.60. The number of ketones is 1. The zero-order valence-electron chi connectivity index (χ0n) is 17.6. The van der Waals surface area contributed by atoms with Crippen LogP contribution in [0.1, 0.15) is 39.5 Å². The smallest absolute Gasteiger partial charge is 0.253 e. The van der Waals surface area contributed by atoms with Gasteiger partial charge in [0.05, 0.1) is 11.3 Å². The van der Waals surface area contributed by atoms with Gasteiger partial charge in [-0.3, -0.25) is 4.79 Å². The number of carbonyl (C=O) groups is 1. The van der Waals surface area contributed by atoms with Crippen LogP contribution in [0.5, 0.6) is 0 Å². The van der Waals surface area contributed by atoms with E-state index in [-0.39, 0.29) is 11.7 Å². The molecule has 1 atom stereocenters. The summed E-state index contributed by atoms with van der Waals surface area (Å²) in [6.07, 6.45) is 2.94. The van der Waals surface area contributed by atoms with Crippen molar-refractivity contribution in [1.82, 2.24) is 19.6 Å². The van der Waals surface area contributed by atoms with Crippen LogP contribution in [-0.4, -0.2) is 25.4 Å². The van der Waals surface area contributed by atoms with Gasteiger partial charge in [-0.15, -0.1) is 5.10 Å². The van der Waals surface area contributed by atoms with Crippen LogP contribution in [0, 0.1) is 0 Å². The Labute approximate surface area is 199 Å². The normalized spacial score (nSPS) is 15.8. The van der Waals surface area contributed by atoms with E-state index in [9.17, 15) is 4.79 Å². The molecule has 0 amide bonds. The third-order valence-corrected chi connectivity index (χ3v) is 7.28. The van der Waals surface area contributed by atoms with Gasteiger partial charge >= 0.3 is 0 Å². The third-order valence-electron chi connectivity index (χ3n) is 6.14. The molecule has 5 aromatic rings. The van der Waals surface area contributed by atoms with Gasteiger partial charge in [-0.05, 0) is 46.4 Å². The molecule has 2 heterocycles. The van der Waals surface area contributed by atoms with E-state index in [2.05, 4.69) is 52.5 Å². The van der Waals surface area contributed by atoms with Crippen molar-refractivity contribution in [2.45, 2.75) is 29.7 Å². The van der Waals surface area contributed by atoms with Crippen molar-refractivity contribution in [3.8, 4) is 0 Å². The maximum absolute atomic E-state index is 12.9. The topological polar surface area (TPSA) is 60.2 Å². The molecule has 2 aromatic heterocycles. The van der Waals surface area contributed by atoms with Crippen molar-refractivity contribution in [3.05, 3.63) is 100 Å². The molecule has 1 aliphatic carbocycles. The van der Waals surface area contributed by atoms with Crippen molar-refractivity contribution in [2.75, 3.05) is 0 Å². The van der Waals surface area contributed by atoms with E-state index in [4.69, 9.17) is 16.6 Å². The molecule has 0 saturated carbocycles. The Morgan fingerprint density at radius 3 is 2.67 bits per heavy atom. The molecular weight excluding hydrogens is 452 g/mol. The maximum atomic E-state index is 12.9. The molecule has 0 N–H and O–H groups in total. The summed E-state index contributed by atoms with van der Waals surface area (Å²) in [7, 11) is 0. The van der Waals surface area contributed by atoms with Crippen molar-refractivity contribution < 1.29 is 4.79 Å². The van der Waals surface area contributed by atoms with Crippen LogP contribution in [0.4, 0.5) is 0 Å². The summed E-state index contributed by atoms with van der Waals surface area (Å²) < 4.78 is 1.63. The second kappa shape index (κ2) is 8.28. The van der Waals surface area contributed by atoms with Crippen LogP contribution in [0.15, 0.2) is 78.1 Å². The van der Waals surface area contributed by atoms with E-state index in [0.717, 1.165) is 17.0 Å². The quantitative estimate of drug-likeness (QED) is 0.295. The highest BCUT2D eigenvalue weighted by molar-refractivity contribution is 7.98. The van der Waals surface area contributed by atoms with Crippen LogP contribution in [0.2, 0.25) is 5.02 Å². The molecule has 0 fully saturated rings. The van der Waals surface area contributed by atoms with Gasteiger partial charge in [-0.2, -0.15) is 4.98 Å². The minimum atomic E-state index is 0.0889. The van der Waals surface area contributed by atoms with Gasteiger partial charge in [0, 0.05) is 23.4 Å². The predicted octanol–water partition coefficient (Wildman–Crippen LogP) is 6.14. The fraction of sp³-hybridized carbons (Fsp3) is 0.154. The molecule has 0 aliphatic heterocycles. The van der Waals surface area contributed by atoms with E-state index in [0.29, 0.717) is 34.4 Å². The van der Waals surface area contributed by atoms with Gasteiger partial charge in [-0.1, -0.05) is 78.0 Å². The number of hydrogen-bond donors (Lipinski definition) is 0. The lowest BCUT2D eigenvalue weighted by Gasteiger charge is -2.23. The summed E-state index contributed by atoms with van der Waals surface area (Å²) in [5.41, 5.74) is 3.78. The number of thioether (sulfide) groups is 1. The summed E-state index contributed by atoms with van der Waals surface area (Å²) in [4.78, 5) is 22.2. The van der Waals surface area contributed by atoms with E-state index in [1.54, 1.807) is 22.5 Å². The van der Waals surface area contributed by atoms with E-state index < -0.39 is 0 Å². The molecule has 0 radical (unpaired) electrons. The first-order valence-corrected chi connectivity index (χ1v) is 12.1. The fourth-order valence-corrected chi connectivity index (χ4v) is 5.41. The van der Waals surface area contributed by atoms with E-state index in [1.807, 2.05) is 24.3 Å². The van der Waals surface area contributed by atoms with E-state index in [1.165, 1.54) is 16.3 Å². The number of halogens is 1. The second-order valence-electron chi connectivity index (χ2n) is 8.25. The molecule has 6 rings (SSSR count). The Bertz CT molecular complexity index is 1510. The molecule has 162 valence electrons. The molecule has 0 unspecified atom stereocenters. The number of benzene rings is 3. The standard InChI is InChI=1S/C26H19ClN4OS/c27-20-10-8-16(9-11-20)19-12-23-22(24(32)13-19)14-31-25(28-23)29-26(30-31)33-15-18-6-3-5-17-4-1-2-7-21(17)18/h1-11,14,19H,12-13,15H2/t19-/m1/s1. The lowest BCUT2D eigenvalue weighted by Crippen LogP contribution is -2.21. The van der Waals surface area contributed by atoms with Gasteiger partial charge in [0.1, 0.15) is 0 Å². The zero-order valence-corrected chi connectivity index (χ0v) is 19.2. The number of aromatic nitrogens is 4. The molecule has 0 bridgehead atoms. The number of Topliss-reactive ketones (excluding diaryl/α,β-unsaturated/α-hetero) is 1. The molecule has 3 aromatic carbocycles. The minimum absolute atomic E-state index is 0.0889. The number of rotatable bonds is 4. The van der Waals surface area contributed by atoms with Crippen LogP contribution < -0.4 is 0 Å². The van der Waals surface area contributed by atoms with Crippen molar-refractivity contribution in [2.24, 2.45) is 0 Å². The van der Waals surface area contributed by atoms with Crippen LogP contribution in [0.3, 0.4) is 0 Å². The first-order valence-electron chi connectivity index (χ1n) is 10.8. The fourth-order valence-electron chi connectivity index (χ4n) is 4.46. The third kappa shape index (κ3) is 3.90. The molecule has 7 heteroatoms. The maximum Gasteiger partial charge on any atom is 0.253 e. The molecule has 0 spiro atoms. The van der Waals surface area contributed by atoms with Gasteiger partial charge in [0.15, 0.2) is 5.78 Å². The first kappa shape index (κ1) is 20.4. The molecular formula is C26H19ClN4OS. The van der Waals surface area contributed by atoms with Gasteiger partial charge in [-0.25, -0.2) is 9.50 Å². The summed E-state index contributed by atoms with van der Waals surface area (Å²) in [5, 5.41) is 8.38. The second-order valence-corrected chi connectivity index (χ2v) is 9.63. The molecule has 0 saturated heterocycles. The van der Waals surface area contributed by atoms with Crippen LogP contribution in [0.25, 0.3) is 16.6 Å². The number of hydrogen-bond acceptors (Lipinski definition) is 5. The Kier molecular flexibility index (Phi) is 5.12.